The second kappa shape index (κ2) is 11.1. The number of amides is 1. The highest BCUT2D eigenvalue weighted by molar-refractivity contribution is 7.89. The van der Waals surface area contributed by atoms with Crippen LogP contribution in [0.2, 0.25) is 5.02 Å². The van der Waals surface area contributed by atoms with Gasteiger partial charge >= 0.3 is 0 Å². The summed E-state index contributed by atoms with van der Waals surface area (Å²) in [6, 6.07) is 10.1. The van der Waals surface area contributed by atoms with Gasteiger partial charge in [0.15, 0.2) is 5.65 Å². The lowest BCUT2D eigenvalue weighted by Gasteiger charge is -2.41. The van der Waals surface area contributed by atoms with Crippen molar-refractivity contribution in [1.82, 2.24) is 38.5 Å². The van der Waals surface area contributed by atoms with Crippen LogP contribution in [0.3, 0.4) is 0 Å². The van der Waals surface area contributed by atoms with Gasteiger partial charge in [0.25, 0.3) is 0 Å². The summed E-state index contributed by atoms with van der Waals surface area (Å²) in [7, 11) is -1.61. The van der Waals surface area contributed by atoms with E-state index in [1.165, 1.54) is 6.07 Å². The molecule has 7 rings (SSSR count). The molecule has 3 aliphatic rings. The molecule has 0 radical (unpaired) electrons. The van der Waals surface area contributed by atoms with E-state index in [0.29, 0.717) is 35.4 Å². The zero-order valence-corrected chi connectivity index (χ0v) is 25.3. The number of piperazine rings is 2. The van der Waals surface area contributed by atoms with Gasteiger partial charge in [0.05, 0.1) is 22.5 Å². The molecule has 2 unspecified atom stereocenters. The number of sulfonamides is 1. The van der Waals surface area contributed by atoms with Crippen molar-refractivity contribution >= 4 is 50.5 Å². The van der Waals surface area contributed by atoms with Crippen molar-refractivity contribution in [3.63, 3.8) is 0 Å². The maximum absolute atomic E-state index is 13.6. The van der Waals surface area contributed by atoms with Crippen LogP contribution in [0.5, 0.6) is 0 Å². The standard InChI is InChI=1S/C28H33ClN10O3S/c1-34-10-12-35(13-11-34)26(40)19-37-16-21(15-30-37)31-28-32-27-25(6-3-9-38(27)33-28)36-17-22-7-8-23(18-36)39(22)43(41,42)24-5-2-4-20(29)14-24/h2-6,9,14-16,22-23H,7-8,10-13,17-19H2,1H3,(H,31,33). The number of hydrogen-bond donors (Lipinski definition) is 1. The van der Waals surface area contributed by atoms with Crippen molar-refractivity contribution in [2.75, 3.05) is 56.5 Å². The third kappa shape index (κ3) is 5.44. The highest BCUT2D eigenvalue weighted by atomic mass is 35.5. The Balaban J connectivity index is 1.05. The minimum atomic E-state index is -3.67. The van der Waals surface area contributed by atoms with Gasteiger partial charge in [0, 0.05) is 68.8 Å². The second-order valence-corrected chi connectivity index (χ2v) is 13.7. The predicted molar refractivity (Wildman–Crippen MR) is 162 cm³/mol. The lowest BCUT2D eigenvalue weighted by molar-refractivity contribution is -0.133. The van der Waals surface area contributed by atoms with Crippen LogP contribution in [0.4, 0.5) is 17.3 Å². The third-order valence-corrected chi connectivity index (χ3v) is 10.7. The number of rotatable bonds is 7. The molecule has 3 aliphatic heterocycles. The number of carbonyl (C=O) groups is 1. The van der Waals surface area contributed by atoms with Crippen molar-refractivity contribution in [2.24, 2.45) is 0 Å². The van der Waals surface area contributed by atoms with E-state index >= 15 is 0 Å². The van der Waals surface area contributed by atoms with Crippen molar-refractivity contribution in [3.05, 3.63) is 60.0 Å². The van der Waals surface area contributed by atoms with E-state index in [0.717, 1.165) is 44.7 Å². The van der Waals surface area contributed by atoms with Gasteiger partial charge in [-0.05, 0) is 50.2 Å². The summed E-state index contributed by atoms with van der Waals surface area (Å²) in [6.07, 6.45) is 6.86. The van der Waals surface area contributed by atoms with Crippen LogP contribution in [0.25, 0.3) is 5.65 Å². The fourth-order valence-corrected chi connectivity index (χ4v) is 8.49. The molecular weight excluding hydrogens is 592 g/mol. The Kier molecular flexibility index (Phi) is 7.24. The van der Waals surface area contributed by atoms with Gasteiger partial charge < -0.3 is 20.0 Å². The Morgan fingerprint density at radius 2 is 1.84 bits per heavy atom. The Labute approximate surface area is 254 Å². The molecule has 3 fully saturated rings. The summed E-state index contributed by atoms with van der Waals surface area (Å²) in [6.45, 7) is 4.48. The molecule has 6 heterocycles. The van der Waals surface area contributed by atoms with Gasteiger partial charge in [-0.3, -0.25) is 9.48 Å². The molecule has 1 amide bonds. The van der Waals surface area contributed by atoms with Crippen LogP contribution in [-0.4, -0.2) is 111 Å². The molecule has 3 aromatic heterocycles. The zero-order chi connectivity index (χ0) is 29.7. The van der Waals surface area contributed by atoms with E-state index in [4.69, 9.17) is 16.6 Å². The SMILES string of the molecule is CN1CCN(C(=O)Cn2cc(Nc3nc4c(N5CC6CCC(C5)N6S(=O)(=O)c5cccc(Cl)c5)cccn4n3)cn2)CC1. The Morgan fingerprint density at radius 1 is 1.07 bits per heavy atom. The maximum atomic E-state index is 13.6. The fraction of sp³-hybridized carbons (Fsp3) is 0.429. The minimum absolute atomic E-state index is 0.0488. The number of nitrogens with zero attached hydrogens (tertiary/aromatic N) is 9. The van der Waals surface area contributed by atoms with Gasteiger partial charge in [-0.25, -0.2) is 12.9 Å². The molecule has 1 N–H and O–H groups in total. The van der Waals surface area contributed by atoms with Crippen molar-refractivity contribution in [3.8, 4) is 0 Å². The number of aromatic nitrogens is 5. The first kappa shape index (κ1) is 28.1. The topological polar surface area (TPSA) is 124 Å². The molecule has 13 nitrogen and oxygen atoms in total. The molecule has 43 heavy (non-hydrogen) atoms. The average Bonchev–Trinajstić information content (AvgIpc) is 3.68. The monoisotopic (exact) mass is 624 g/mol. The van der Waals surface area contributed by atoms with Crippen LogP contribution >= 0.6 is 11.6 Å². The third-order valence-electron chi connectivity index (χ3n) is 8.51. The summed E-state index contributed by atoms with van der Waals surface area (Å²) < 4.78 is 32.2. The molecule has 3 saturated heterocycles. The highest BCUT2D eigenvalue weighted by Crippen LogP contribution is 2.38. The van der Waals surface area contributed by atoms with E-state index < -0.39 is 10.0 Å². The first-order valence-corrected chi connectivity index (χ1v) is 16.2. The number of fused-ring (bicyclic) bond motifs is 3. The quantitative estimate of drug-likeness (QED) is 0.329. The number of anilines is 3. The molecule has 0 spiro atoms. The summed E-state index contributed by atoms with van der Waals surface area (Å²) in [5.74, 6) is 0.454. The number of likely N-dealkylation sites (N-methyl/N-ethyl adjacent to an activating group) is 1. The van der Waals surface area contributed by atoms with Crippen LogP contribution in [0.15, 0.2) is 59.9 Å². The molecule has 2 atom stereocenters. The smallest absolute Gasteiger partial charge is 0.247 e. The van der Waals surface area contributed by atoms with E-state index in [-0.39, 0.29) is 29.4 Å². The molecule has 4 aromatic rings. The number of halogens is 1. The number of carbonyl (C=O) groups excluding carboxylic acids is 1. The molecule has 0 saturated carbocycles. The van der Waals surface area contributed by atoms with Crippen molar-refractivity contribution in [2.45, 2.75) is 36.4 Å². The van der Waals surface area contributed by atoms with Crippen LogP contribution in [0, 0.1) is 0 Å². The van der Waals surface area contributed by atoms with E-state index in [1.807, 2.05) is 23.2 Å². The van der Waals surface area contributed by atoms with E-state index in [2.05, 4.69) is 32.4 Å². The van der Waals surface area contributed by atoms with Crippen LogP contribution in [-0.2, 0) is 21.4 Å². The van der Waals surface area contributed by atoms with Gasteiger partial charge in [-0.1, -0.05) is 17.7 Å². The summed E-state index contributed by atoms with van der Waals surface area (Å²) in [5.41, 5.74) is 2.25. The lowest BCUT2D eigenvalue weighted by atomic mass is 10.2. The molecule has 226 valence electrons. The Morgan fingerprint density at radius 3 is 2.58 bits per heavy atom. The molecule has 1 aromatic carbocycles. The maximum Gasteiger partial charge on any atom is 0.247 e. The minimum Gasteiger partial charge on any atom is -0.365 e. The molecule has 2 bridgehead atoms. The molecule has 15 heteroatoms. The number of benzene rings is 1. The number of pyridine rings is 1. The Hall–Kier alpha value is -3.72. The second-order valence-electron chi connectivity index (χ2n) is 11.4. The van der Waals surface area contributed by atoms with Crippen LogP contribution in [0.1, 0.15) is 12.8 Å². The van der Waals surface area contributed by atoms with Crippen LogP contribution < -0.4 is 10.2 Å². The molecular formula is C28H33ClN10O3S. The largest absolute Gasteiger partial charge is 0.365 e. The van der Waals surface area contributed by atoms with Crippen molar-refractivity contribution < 1.29 is 13.2 Å². The summed E-state index contributed by atoms with van der Waals surface area (Å²) in [5, 5.41) is 12.6. The average molecular weight is 625 g/mol. The van der Waals surface area contributed by atoms with Gasteiger partial charge in [0.2, 0.25) is 21.9 Å². The fourth-order valence-electron chi connectivity index (χ4n) is 6.33. The first-order chi connectivity index (χ1) is 20.7. The summed E-state index contributed by atoms with van der Waals surface area (Å²) >= 11 is 6.11. The first-order valence-electron chi connectivity index (χ1n) is 14.4. The zero-order valence-electron chi connectivity index (χ0n) is 23.8. The van der Waals surface area contributed by atoms with Gasteiger partial charge in [-0.2, -0.15) is 14.4 Å². The van der Waals surface area contributed by atoms with Gasteiger partial charge in [-0.15, -0.1) is 5.10 Å². The van der Waals surface area contributed by atoms with Crippen molar-refractivity contribution in [1.29, 1.82) is 0 Å². The lowest BCUT2D eigenvalue weighted by Crippen LogP contribution is -2.55. The molecule has 0 aliphatic carbocycles. The number of nitrogens with one attached hydrogen (secondary N) is 1. The van der Waals surface area contributed by atoms with Gasteiger partial charge in [0.1, 0.15) is 6.54 Å². The normalized spacial score (nSPS) is 21.5. The number of hydrogen-bond acceptors (Lipinski definition) is 9. The Bertz CT molecular complexity index is 1750. The van der Waals surface area contributed by atoms with E-state index in [1.54, 1.807) is 44.1 Å². The summed E-state index contributed by atoms with van der Waals surface area (Å²) in [4.78, 5) is 24.0. The highest BCUT2D eigenvalue weighted by Gasteiger charge is 2.47. The predicted octanol–water partition coefficient (Wildman–Crippen LogP) is 2.14. The van der Waals surface area contributed by atoms with E-state index in [9.17, 15) is 13.2 Å².